The van der Waals surface area contributed by atoms with Crippen molar-refractivity contribution in [2.24, 2.45) is 15.7 Å². The summed E-state index contributed by atoms with van der Waals surface area (Å²) >= 11 is 25.8. The minimum absolute atomic E-state index is 0.0102. The van der Waals surface area contributed by atoms with E-state index >= 15 is 0 Å². The van der Waals surface area contributed by atoms with Crippen LogP contribution in [0.2, 0.25) is 20.1 Å². The Hall–Kier alpha value is -10.2. The number of Topliss-reactive ketones (excluding diaryl/α,β-unsaturated/α-hetero) is 2. The molecule has 10 rings (SSSR count). The number of amides is 3. The van der Waals surface area contributed by atoms with Crippen molar-refractivity contribution in [3.05, 3.63) is 259 Å². The number of benzene rings is 8. The number of amidine groups is 2. The summed E-state index contributed by atoms with van der Waals surface area (Å²) in [7, 11) is 0. The summed E-state index contributed by atoms with van der Waals surface area (Å²) in [5, 5.41) is 23.0. The molecule has 3 amide bonds. The molecule has 0 fully saturated rings. The number of hydrogen-bond acceptors (Lipinski definition) is 15. The van der Waals surface area contributed by atoms with Crippen molar-refractivity contribution < 1.29 is 61.7 Å². The van der Waals surface area contributed by atoms with Gasteiger partial charge >= 0.3 is 17.9 Å². The molecule has 524 valence electrons. The summed E-state index contributed by atoms with van der Waals surface area (Å²) in [5.74, 6) is -3.43. The van der Waals surface area contributed by atoms with Gasteiger partial charge in [-0.2, -0.15) is 0 Å². The standard InChI is InChI=1S/C38H35Cl2FN4O5.C26H24Cl2N2O4.C12H13FN2O2/c39-31-18-28(26-11-5-2-6-12-26)19-32(40)35(31)37(48)45-33(38(49)50-23-24-8-3-1-4-9-24)15-14-30(46)22-44-36(47)27-13-7-10-25(16-27)17-34-42-20-29(41)21-43-34;27-21-13-19(18-9-5-2-6-10-18)14-22(28)24(21)25(32)30-23(12-11-20(31)15-29)26(33)34-16-17-7-3-1-4-8-17;13-10-6-14-11(15-7-10)5-8-2-1-3-9(4-8)12(16)17/h1-13,16,18-19,29,33H,14-15,17,20-23H2,(H,42,43)(H,44,47)(H,45,48);1-10,13-14,23H,11-12,15-16,29H2,(H,30,32);1-4,10H,5-7H2,(H,14,15)(H,16,17)/t33-;23-;/m00./s1. The summed E-state index contributed by atoms with van der Waals surface area (Å²) in [5.41, 5.74) is 12.4. The summed E-state index contributed by atoms with van der Waals surface area (Å²) in [6, 6.07) is 54.7. The molecule has 0 bridgehead atoms. The monoisotopic (exact) mass is 1450 g/mol. The molecule has 25 heteroatoms. The third-order valence-corrected chi connectivity index (χ3v) is 16.8. The number of aromatic carboxylic acids is 1. The van der Waals surface area contributed by atoms with Gasteiger partial charge in [0.05, 0.1) is 63.0 Å². The zero-order valence-electron chi connectivity index (χ0n) is 54.5. The maximum atomic E-state index is 13.4. The van der Waals surface area contributed by atoms with E-state index in [9.17, 15) is 47.1 Å². The molecule has 4 atom stereocenters. The van der Waals surface area contributed by atoms with Gasteiger partial charge in [-0.05, 0) is 106 Å². The van der Waals surface area contributed by atoms with E-state index in [4.69, 9.17) is 66.7 Å². The number of rotatable bonds is 27. The Bertz CT molecular complexity index is 4230. The molecule has 101 heavy (non-hydrogen) atoms. The Morgan fingerprint density at radius 2 is 0.861 bits per heavy atom. The van der Waals surface area contributed by atoms with E-state index in [1.807, 2.05) is 109 Å². The topological polar surface area (TPSA) is 286 Å². The Balaban J connectivity index is 0.000000217. The lowest BCUT2D eigenvalue weighted by Gasteiger charge is -2.19. The molecule has 0 saturated carbocycles. The van der Waals surface area contributed by atoms with Gasteiger partial charge in [-0.3, -0.25) is 34.0 Å². The molecule has 0 aliphatic carbocycles. The van der Waals surface area contributed by atoms with E-state index in [-0.39, 0.29) is 127 Å². The first kappa shape index (κ1) is 76.6. The summed E-state index contributed by atoms with van der Waals surface area (Å²) in [6.07, 6.45) is -1.24. The van der Waals surface area contributed by atoms with Crippen LogP contribution in [0.5, 0.6) is 0 Å². The first-order valence-corrected chi connectivity index (χ1v) is 33.6. The molecule has 0 saturated heterocycles. The highest BCUT2D eigenvalue weighted by atomic mass is 35.5. The second-order valence-corrected chi connectivity index (χ2v) is 24.9. The van der Waals surface area contributed by atoms with Crippen LogP contribution in [0.3, 0.4) is 0 Å². The maximum Gasteiger partial charge on any atom is 0.335 e. The number of esters is 2. The van der Waals surface area contributed by atoms with E-state index in [1.54, 1.807) is 84.9 Å². The summed E-state index contributed by atoms with van der Waals surface area (Å²) in [4.78, 5) is 109. The van der Waals surface area contributed by atoms with Gasteiger partial charge in [0.1, 0.15) is 55.1 Å². The number of carbonyl (C=O) groups is 8. The van der Waals surface area contributed by atoms with E-state index in [1.165, 1.54) is 0 Å². The van der Waals surface area contributed by atoms with Crippen LogP contribution < -0.4 is 32.3 Å². The highest BCUT2D eigenvalue weighted by Gasteiger charge is 2.29. The van der Waals surface area contributed by atoms with Crippen LogP contribution in [0.4, 0.5) is 8.78 Å². The number of hydrogen-bond donors (Lipinski definition) is 7. The lowest BCUT2D eigenvalue weighted by molar-refractivity contribution is -0.148. The molecule has 2 unspecified atom stereocenters. The highest BCUT2D eigenvalue weighted by molar-refractivity contribution is 6.41. The van der Waals surface area contributed by atoms with E-state index in [0.29, 0.717) is 35.6 Å². The lowest BCUT2D eigenvalue weighted by atomic mass is 10.0. The van der Waals surface area contributed by atoms with Crippen molar-refractivity contribution in [1.29, 1.82) is 0 Å². The number of carboxylic acid groups (broad SMARTS) is 1. The third kappa shape index (κ3) is 24.3. The summed E-state index contributed by atoms with van der Waals surface area (Å²) < 4.78 is 37.0. The Kier molecular flexibility index (Phi) is 29.6. The average Bonchev–Trinajstić information content (AvgIpc) is 0.815. The molecule has 8 N–H and O–H groups in total. The van der Waals surface area contributed by atoms with Crippen molar-refractivity contribution in [3.8, 4) is 22.3 Å². The quantitative estimate of drug-likeness (QED) is 0.0236. The van der Waals surface area contributed by atoms with Crippen molar-refractivity contribution >= 4 is 105 Å². The van der Waals surface area contributed by atoms with Crippen LogP contribution in [0.15, 0.2) is 204 Å². The highest BCUT2D eigenvalue weighted by Crippen LogP contribution is 2.34. The predicted octanol–water partition coefficient (Wildman–Crippen LogP) is 12.2. The van der Waals surface area contributed by atoms with Gasteiger partial charge < -0.3 is 46.9 Å². The number of nitrogens with two attached hydrogens (primary N) is 1. The minimum Gasteiger partial charge on any atom is -0.478 e. The molecule has 2 heterocycles. The molecule has 0 spiro atoms. The van der Waals surface area contributed by atoms with Gasteiger partial charge in [-0.15, -0.1) is 0 Å². The fourth-order valence-corrected chi connectivity index (χ4v) is 11.6. The summed E-state index contributed by atoms with van der Waals surface area (Å²) in [6.45, 7) is 0.291. The Labute approximate surface area is 602 Å². The van der Waals surface area contributed by atoms with Gasteiger partial charge in [-0.25, -0.2) is 23.2 Å². The number of carboxylic acids is 1. The Morgan fingerprint density at radius 3 is 1.25 bits per heavy atom. The predicted molar refractivity (Wildman–Crippen MR) is 386 cm³/mol. The minimum atomic E-state index is -1.22. The van der Waals surface area contributed by atoms with Crippen molar-refractivity contribution in [2.75, 3.05) is 39.3 Å². The fraction of sp³-hybridized carbons (Fsp3) is 0.237. The largest absolute Gasteiger partial charge is 0.478 e. The molecule has 8 aromatic carbocycles. The first-order valence-electron chi connectivity index (χ1n) is 32.1. The molecule has 2 aliphatic heterocycles. The van der Waals surface area contributed by atoms with E-state index in [2.05, 4.69) is 36.6 Å². The number of ether oxygens (including phenoxy) is 2. The van der Waals surface area contributed by atoms with Crippen LogP contribution in [0.1, 0.15) is 89.4 Å². The van der Waals surface area contributed by atoms with Crippen molar-refractivity contribution in [3.63, 3.8) is 0 Å². The van der Waals surface area contributed by atoms with Gasteiger partial charge in [0.2, 0.25) is 0 Å². The number of carbonyl (C=O) groups excluding carboxylic acids is 7. The van der Waals surface area contributed by atoms with Gasteiger partial charge in [0, 0.05) is 44.3 Å². The Morgan fingerprint density at radius 1 is 0.485 bits per heavy atom. The number of alkyl halides is 2. The number of ketones is 2. The van der Waals surface area contributed by atoms with Crippen LogP contribution in [0.25, 0.3) is 22.3 Å². The smallest absolute Gasteiger partial charge is 0.335 e. The molecule has 0 aromatic heterocycles. The SMILES string of the molecule is NCC(=O)CC[C@H](NC(=O)c1c(Cl)cc(-c2ccccc2)cc1Cl)C(=O)OCc1ccccc1.O=C(CC[C@H](NC(=O)c1c(Cl)cc(-c2ccccc2)cc1Cl)C(=O)OCc1ccccc1)CNC(=O)c1cccc(CC2=NCC(F)CN2)c1.O=C(O)c1cccc(CC2=NCC(F)CN2)c1. The van der Waals surface area contributed by atoms with Crippen LogP contribution >= 0.6 is 46.4 Å². The number of halogens is 6. The number of aliphatic imine (C=N–C) groups is 2. The fourth-order valence-electron chi connectivity index (χ4n) is 10.3. The second kappa shape index (κ2) is 39.0. The van der Waals surface area contributed by atoms with Crippen LogP contribution in [0, 0.1) is 0 Å². The van der Waals surface area contributed by atoms with Gasteiger partial charge in [0.15, 0.2) is 5.78 Å². The lowest BCUT2D eigenvalue weighted by Crippen LogP contribution is -2.42. The zero-order chi connectivity index (χ0) is 72.2. The van der Waals surface area contributed by atoms with E-state index in [0.717, 1.165) is 38.9 Å². The van der Waals surface area contributed by atoms with E-state index < -0.39 is 60.1 Å². The molecular weight excluding hydrogens is 1380 g/mol. The van der Waals surface area contributed by atoms with Crippen molar-refractivity contribution in [2.45, 2.75) is 76.2 Å². The third-order valence-electron chi connectivity index (χ3n) is 15.6. The van der Waals surface area contributed by atoms with Gasteiger partial charge in [-0.1, -0.05) is 192 Å². The molecule has 2 aliphatic rings. The molecular formula is C76H72Cl4F2N8O11. The zero-order valence-corrected chi connectivity index (χ0v) is 57.5. The van der Waals surface area contributed by atoms with Crippen LogP contribution in [-0.4, -0.2) is 128 Å². The van der Waals surface area contributed by atoms with Gasteiger partial charge in [0.25, 0.3) is 17.7 Å². The molecule has 19 nitrogen and oxygen atoms in total. The number of nitrogens with zero attached hydrogens (tertiary/aromatic N) is 2. The second-order valence-electron chi connectivity index (χ2n) is 23.2. The van der Waals surface area contributed by atoms with Crippen LogP contribution in [-0.2, 0) is 54.7 Å². The molecule has 8 aromatic rings. The van der Waals surface area contributed by atoms with Crippen molar-refractivity contribution in [1.82, 2.24) is 26.6 Å². The normalized spacial score (nSPS) is 14.3. The average molecular weight is 1450 g/mol. The molecule has 0 radical (unpaired) electrons. The number of nitrogens with one attached hydrogen (secondary N) is 5. The first-order chi connectivity index (χ1) is 48.7. The maximum absolute atomic E-state index is 13.4.